The third kappa shape index (κ3) is 4.86. The molecule has 0 bridgehead atoms. The van der Waals surface area contributed by atoms with Crippen LogP contribution in [0.1, 0.15) is 25.7 Å². The number of halogens is 2. The van der Waals surface area contributed by atoms with Crippen LogP contribution in [0.15, 0.2) is 46.9 Å². The van der Waals surface area contributed by atoms with E-state index < -0.39 is 17.8 Å². The third-order valence-corrected chi connectivity index (χ3v) is 7.87. The van der Waals surface area contributed by atoms with Crippen LogP contribution in [0.25, 0.3) is 22.2 Å². The number of carbonyl (C=O) groups is 2. The molecule has 0 spiro atoms. The van der Waals surface area contributed by atoms with Crippen molar-refractivity contribution in [1.29, 1.82) is 0 Å². The van der Waals surface area contributed by atoms with Gasteiger partial charge in [-0.15, -0.1) is 0 Å². The van der Waals surface area contributed by atoms with Crippen LogP contribution in [0.5, 0.6) is 0 Å². The molecule has 2 atom stereocenters. The van der Waals surface area contributed by atoms with Gasteiger partial charge in [0.15, 0.2) is 0 Å². The second-order valence-electron chi connectivity index (χ2n) is 9.16. The summed E-state index contributed by atoms with van der Waals surface area (Å²) in [6, 6.07) is 13.5. The smallest absolute Gasteiger partial charge is 0.307 e. The van der Waals surface area contributed by atoms with Crippen LogP contribution in [0.3, 0.4) is 0 Å². The molecule has 1 aromatic heterocycles. The van der Waals surface area contributed by atoms with E-state index in [9.17, 15) is 14.7 Å². The van der Waals surface area contributed by atoms with Gasteiger partial charge in [-0.25, -0.2) is 9.97 Å². The van der Waals surface area contributed by atoms with Gasteiger partial charge in [-0.2, -0.15) is 0 Å². The second kappa shape index (κ2) is 10.1. The van der Waals surface area contributed by atoms with Crippen molar-refractivity contribution >= 4 is 56.3 Å². The Morgan fingerprint density at radius 1 is 0.971 bits per heavy atom. The summed E-state index contributed by atoms with van der Waals surface area (Å²) in [6.07, 6.45) is 3.02. The summed E-state index contributed by atoms with van der Waals surface area (Å²) in [6.45, 7) is 2.20. The zero-order valence-electron chi connectivity index (χ0n) is 19.2. The van der Waals surface area contributed by atoms with Crippen molar-refractivity contribution in [3.8, 4) is 11.3 Å². The predicted octanol–water partition coefficient (Wildman–Crippen LogP) is 5.25. The Bertz CT molecular complexity index is 1280. The highest BCUT2D eigenvalue weighted by Crippen LogP contribution is 2.35. The predicted molar refractivity (Wildman–Crippen MR) is 140 cm³/mol. The lowest BCUT2D eigenvalue weighted by Crippen LogP contribution is -2.52. The maximum absolute atomic E-state index is 13.2. The number of benzene rings is 2. The molecule has 0 radical (unpaired) electrons. The van der Waals surface area contributed by atoms with Crippen LogP contribution in [-0.4, -0.2) is 58.0 Å². The molecular weight excluding hydrogens is 532 g/mol. The number of hydrogen-bond donors (Lipinski definition) is 1. The largest absolute Gasteiger partial charge is 0.481 e. The Morgan fingerprint density at radius 3 is 2.40 bits per heavy atom. The van der Waals surface area contributed by atoms with Gasteiger partial charge in [-0.3, -0.25) is 9.59 Å². The van der Waals surface area contributed by atoms with Crippen molar-refractivity contribution in [3.63, 3.8) is 0 Å². The van der Waals surface area contributed by atoms with Gasteiger partial charge in [0.2, 0.25) is 11.9 Å². The minimum Gasteiger partial charge on any atom is -0.481 e. The van der Waals surface area contributed by atoms with E-state index in [4.69, 9.17) is 21.6 Å². The Labute approximate surface area is 217 Å². The minimum atomic E-state index is -0.856. The summed E-state index contributed by atoms with van der Waals surface area (Å²) in [5, 5.41) is 11.1. The Kier molecular flexibility index (Phi) is 6.93. The van der Waals surface area contributed by atoms with E-state index in [0.717, 1.165) is 39.5 Å². The Morgan fingerprint density at radius 2 is 1.69 bits per heavy atom. The quantitative estimate of drug-likeness (QED) is 0.471. The van der Waals surface area contributed by atoms with Gasteiger partial charge < -0.3 is 14.9 Å². The fraction of sp³-hybridized carbons (Fsp3) is 0.385. The van der Waals surface area contributed by atoms with E-state index >= 15 is 0 Å². The van der Waals surface area contributed by atoms with E-state index in [1.165, 1.54) is 0 Å². The summed E-state index contributed by atoms with van der Waals surface area (Å²) >= 11 is 10.1. The van der Waals surface area contributed by atoms with Crippen LogP contribution in [0, 0.1) is 11.8 Å². The molecule has 3 aromatic rings. The van der Waals surface area contributed by atoms with E-state index in [1.807, 2.05) is 47.4 Å². The fourth-order valence-corrected chi connectivity index (χ4v) is 5.76. The molecule has 0 unspecified atom stereocenters. The van der Waals surface area contributed by atoms with Crippen molar-refractivity contribution in [2.75, 3.05) is 31.1 Å². The first-order valence-corrected chi connectivity index (χ1v) is 13.1. The number of nitrogens with zero attached hydrogens (tertiary/aromatic N) is 4. The number of carboxylic acids is 1. The van der Waals surface area contributed by atoms with Gasteiger partial charge in [0.05, 0.1) is 23.0 Å². The molecule has 7 nitrogen and oxygen atoms in total. The first-order valence-electron chi connectivity index (χ1n) is 11.9. The molecule has 2 fully saturated rings. The lowest BCUT2D eigenvalue weighted by molar-refractivity contribution is -0.152. The summed E-state index contributed by atoms with van der Waals surface area (Å²) in [4.78, 5) is 38.5. The average molecular weight is 558 g/mol. The SMILES string of the molecule is O=C(O)[C@H]1CCCC[C@H]1C(=O)N1CCN(c2nc(-c3ccccc3Cl)c3cc(Br)ccc3n2)CC1. The van der Waals surface area contributed by atoms with Crippen molar-refractivity contribution in [2.45, 2.75) is 25.7 Å². The standard InChI is InChI=1S/C26H26BrClN4O3/c27-16-9-10-22-20(15-16)23(19-7-3-4-8-21(19)28)30-26(29-22)32-13-11-31(12-14-32)24(33)17-5-1-2-6-18(17)25(34)35/h3-4,7-10,15,17-18H,1-2,5-6,11-14H2,(H,34,35)/t17-,18+/m1/s1. The monoisotopic (exact) mass is 556 g/mol. The highest BCUT2D eigenvalue weighted by Gasteiger charge is 2.38. The number of rotatable bonds is 4. The van der Waals surface area contributed by atoms with Crippen LogP contribution < -0.4 is 4.90 Å². The van der Waals surface area contributed by atoms with Gasteiger partial charge in [0.25, 0.3) is 0 Å². The number of aliphatic carboxylic acids is 1. The van der Waals surface area contributed by atoms with Crippen molar-refractivity contribution < 1.29 is 14.7 Å². The molecular formula is C26H26BrClN4O3. The van der Waals surface area contributed by atoms with Gasteiger partial charge in [0.1, 0.15) is 0 Å². The van der Waals surface area contributed by atoms with Crippen LogP contribution in [0.4, 0.5) is 5.95 Å². The average Bonchev–Trinajstić information content (AvgIpc) is 2.88. The number of fused-ring (bicyclic) bond motifs is 1. The lowest BCUT2D eigenvalue weighted by Gasteiger charge is -2.38. The third-order valence-electron chi connectivity index (χ3n) is 7.05. The second-order valence-corrected chi connectivity index (χ2v) is 10.5. The van der Waals surface area contributed by atoms with E-state index in [-0.39, 0.29) is 5.91 Å². The molecule has 182 valence electrons. The summed E-state index contributed by atoms with van der Waals surface area (Å²) < 4.78 is 0.934. The maximum Gasteiger partial charge on any atom is 0.307 e. The Hall–Kier alpha value is -2.71. The number of carbonyl (C=O) groups excluding carboxylic acids is 1. The number of amides is 1. The van der Waals surface area contributed by atoms with Gasteiger partial charge in [-0.1, -0.05) is 58.6 Å². The van der Waals surface area contributed by atoms with Crippen LogP contribution >= 0.6 is 27.5 Å². The number of piperazine rings is 1. The van der Waals surface area contributed by atoms with Gasteiger partial charge >= 0.3 is 5.97 Å². The Balaban J connectivity index is 1.39. The maximum atomic E-state index is 13.2. The molecule has 1 N–H and O–H groups in total. The molecule has 1 saturated heterocycles. The fourth-order valence-electron chi connectivity index (χ4n) is 5.17. The molecule has 5 rings (SSSR count). The highest BCUT2D eigenvalue weighted by molar-refractivity contribution is 9.10. The molecule has 1 saturated carbocycles. The topological polar surface area (TPSA) is 86.6 Å². The van der Waals surface area contributed by atoms with Crippen molar-refractivity contribution in [1.82, 2.24) is 14.9 Å². The molecule has 1 aliphatic heterocycles. The first kappa shape index (κ1) is 24.0. The van der Waals surface area contributed by atoms with Crippen molar-refractivity contribution in [2.24, 2.45) is 11.8 Å². The first-order chi connectivity index (χ1) is 16.9. The van der Waals surface area contributed by atoms with Crippen LogP contribution in [0.2, 0.25) is 5.02 Å². The summed E-state index contributed by atoms with van der Waals surface area (Å²) in [5.74, 6) is -1.28. The highest BCUT2D eigenvalue weighted by atomic mass is 79.9. The normalized spacial score (nSPS) is 20.7. The number of carboxylic acid groups (broad SMARTS) is 1. The van der Waals surface area contributed by atoms with Gasteiger partial charge in [0, 0.05) is 46.6 Å². The molecule has 9 heteroatoms. The summed E-state index contributed by atoms with van der Waals surface area (Å²) in [7, 11) is 0. The van der Waals surface area contributed by atoms with Gasteiger partial charge in [-0.05, 0) is 37.1 Å². The van der Waals surface area contributed by atoms with Crippen molar-refractivity contribution in [3.05, 3.63) is 52.0 Å². The zero-order chi connectivity index (χ0) is 24.5. The lowest BCUT2D eigenvalue weighted by atomic mass is 9.78. The molecule has 35 heavy (non-hydrogen) atoms. The molecule has 2 aromatic carbocycles. The van der Waals surface area contributed by atoms with E-state index in [0.29, 0.717) is 50.0 Å². The van der Waals surface area contributed by atoms with E-state index in [1.54, 1.807) is 0 Å². The number of aromatic nitrogens is 2. The summed E-state index contributed by atoms with van der Waals surface area (Å²) in [5.41, 5.74) is 2.42. The molecule has 2 heterocycles. The number of anilines is 1. The minimum absolute atomic E-state index is 0.0298. The molecule has 2 aliphatic rings. The zero-order valence-corrected chi connectivity index (χ0v) is 21.5. The van der Waals surface area contributed by atoms with E-state index in [2.05, 4.69) is 20.8 Å². The number of hydrogen-bond acceptors (Lipinski definition) is 5. The van der Waals surface area contributed by atoms with Crippen LogP contribution in [-0.2, 0) is 9.59 Å². The molecule has 1 aliphatic carbocycles. The molecule has 1 amide bonds.